The number of hydrogen-bond acceptors (Lipinski definition) is 4. The number of aryl methyl sites for hydroxylation is 1. The molecule has 1 atom stereocenters. The van der Waals surface area contributed by atoms with Crippen LogP contribution in [0.25, 0.3) is 0 Å². The van der Waals surface area contributed by atoms with Gasteiger partial charge in [-0.25, -0.2) is 13.4 Å². The van der Waals surface area contributed by atoms with Crippen LogP contribution in [0, 0.1) is 0 Å². The molecule has 2 heterocycles. The summed E-state index contributed by atoms with van der Waals surface area (Å²) in [5, 5.41) is 3.29. The van der Waals surface area contributed by atoms with Crippen LogP contribution < -0.4 is 5.32 Å². The largest absolute Gasteiger partial charge is 0.336 e. The molecule has 18 heavy (non-hydrogen) atoms. The van der Waals surface area contributed by atoms with Crippen LogP contribution >= 0.6 is 12.4 Å². The maximum absolute atomic E-state index is 12.3. The fourth-order valence-electron chi connectivity index (χ4n) is 1.94. The normalized spacial score (nSPS) is 20.1. The van der Waals surface area contributed by atoms with Crippen LogP contribution in [-0.4, -0.2) is 48.5 Å². The summed E-state index contributed by atoms with van der Waals surface area (Å²) >= 11 is 0. The quantitative estimate of drug-likeness (QED) is 0.868. The van der Waals surface area contributed by atoms with E-state index < -0.39 is 10.0 Å². The van der Waals surface area contributed by atoms with Gasteiger partial charge in [0, 0.05) is 32.4 Å². The first-order valence-electron chi connectivity index (χ1n) is 5.76. The molecule has 104 valence electrons. The van der Waals surface area contributed by atoms with Crippen LogP contribution in [0.3, 0.4) is 0 Å². The Morgan fingerprint density at radius 2 is 2.33 bits per heavy atom. The summed E-state index contributed by atoms with van der Waals surface area (Å²) < 4.78 is 27.7. The topological polar surface area (TPSA) is 67.2 Å². The molecule has 1 fully saturated rings. The number of nitrogens with one attached hydrogen (secondary N) is 1. The van der Waals surface area contributed by atoms with E-state index in [1.807, 2.05) is 6.92 Å². The third kappa shape index (κ3) is 2.85. The third-order valence-corrected chi connectivity index (χ3v) is 4.96. The summed E-state index contributed by atoms with van der Waals surface area (Å²) in [6.45, 7) is 4.25. The molecule has 1 aromatic heterocycles. The molecule has 1 N–H and O–H groups in total. The summed E-state index contributed by atoms with van der Waals surface area (Å²) in [5.74, 6) is 0. The number of rotatable bonds is 4. The first kappa shape index (κ1) is 15.4. The molecule has 0 aromatic carbocycles. The molecule has 0 radical (unpaired) electrons. The number of halogens is 1. The van der Waals surface area contributed by atoms with Crippen LogP contribution in [-0.2, 0) is 16.6 Å². The van der Waals surface area contributed by atoms with E-state index in [4.69, 9.17) is 0 Å². The average molecular weight is 295 g/mol. The molecule has 0 aliphatic carbocycles. The lowest BCUT2D eigenvalue weighted by Crippen LogP contribution is -2.38. The molecule has 2 rings (SSSR count). The molecule has 0 amide bonds. The Hall–Kier alpha value is -0.630. The van der Waals surface area contributed by atoms with Gasteiger partial charge in [0.05, 0.1) is 6.33 Å². The van der Waals surface area contributed by atoms with Crippen molar-refractivity contribution in [1.82, 2.24) is 19.2 Å². The van der Waals surface area contributed by atoms with Crippen molar-refractivity contribution in [2.24, 2.45) is 0 Å². The number of hydrogen-bond donors (Lipinski definition) is 1. The van der Waals surface area contributed by atoms with Crippen molar-refractivity contribution in [3.63, 3.8) is 0 Å². The Kier molecular flexibility index (Phi) is 5.15. The highest BCUT2D eigenvalue weighted by molar-refractivity contribution is 7.89. The average Bonchev–Trinajstić information content (AvgIpc) is 2.98. The predicted octanol–water partition coefficient (Wildman–Crippen LogP) is 0.307. The van der Waals surface area contributed by atoms with E-state index in [2.05, 4.69) is 10.3 Å². The second-order valence-corrected chi connectivity index (χ2v) is 6.15. The first-order chi connectivity index (χ1) is 8.05. The summed E-state index contributed by atoms with van der Waals surface area (Å²) in [4.78, 5) is 3.96. The van der Waals surface area contributed by atoms with Gasteiger partial charge in [0.2, 0.25) is 0 Å². The van der Waals surface area contributed by atoms with E-state index in [9.17, 15) is 8.42 Å². The first-order valence-corrected chi connectivity index (χ1v) is 7.20. The molecule has 0 saturated carbocycles. The molecular formula is C10H19ClN4O2S. The van der Waals surface area contributed by atoms with E-state index in [1.165, 1.54) is 4.31 Å². The second-order valence-electron chi connectivity index (χ2n) is 4.21. The van der Waals surface area contributed by atoms with Crippen LogP contribution in [0.1, 0.15) is 13.3 Å². The molecule has 1 aliphatic rings. The van der Waals surface area contributed by atoms with E-state index in [-0.39, 0.29) is 23.5 Å². The molecular weight excluding hydrogens is 276 g/mol. The van der Waals surface area contributed by atoms with Gasteiger partial charge in [-0.1, -0.05) is 0 Å². The minimum atomic E-state index is -3.45. The fraction of sp³-hybridized carbons (Fsp3) is 0.700. The zero-order valence-electron chi connectivity index (χ0n) is 10.5. The van der Waals surface area contributed by atoms with Crippen LogP contribution in [0.5, 0.6) is 0 Å². The minimum absolute atomic E-state index is 0. The van der Waals surface area contributed by atoms with Crippen LogP contribution in [0.15, 0.2) is 17.6 Å². The zero-order chi connectivity index (χ0) is 12.5. The van der Waals surface area contributed by atoms with Crippen molar-refractivity contribution in [1.29, 1.82) is 0 Å². The SMILES string of the molecule is CCn1cnc(S(=O)(=O)N(C)C2CCNC2)c1.Cl. The van der Waals surface area contributed by atoms with E-state index in [1.54, 1.807) is 24.1 Å². The van der Waals surface area contributed by atoms with Crippen molar-refractivity contribution in [3.8, 4) is 0 Å². The van der Waals surface area contributed by atoms with Gasteiger partial charge in [-0.3, -0.25) is 0 Å². The van der Waals surface area contributed by atoms with E-state index >= 15 is 0 Å². The van der Waals surface area contributed by atoms with Gasteiger partial charge >= 0.3 is 0 Å². The van der Waals surface area contributed by atoms with Gasteiger partial charge < -0.3 is 9.88 Å². The standard InChI is InChI=1S/C10H18N4O2S.ClH/c1-3-14-7-10(12-8-14)17(15,16)13(2)9-4-5-11-6-9;/h7-9,11H,3-6H2,1-2H3;1H. The van der Waals surface area contributed by atoms with E-state index in [0.29, 0.717) is 6.54 Å². The van der Waals surface area contributed by atoms with Crippen LogP contribution in [0.4, 0.5) is 0 Å². The molecule has 6 nitrogen and oxygen atoms in total. The van der Waals surface area contributed by atoms with Crippen molar-refractivity contribution >= 4 is 22.4 Å². The van der Waals surface area contributed by atoms with E-state index in [0.717, 1.165) is 19.5 Å². The number of aromatic nitrogens is 2. The van der Waals surface area contributed by atoms with Gasteiger partial charge in [-0.2, -0.15) is 4.31 Å². The molecule has 1 unspecified atom stereocenters. The summed E-state index contributed by atoms with van der Waals surface area (Å²) in [5.41, 5.74) is 0. The van der Waals surface area contributed by atoms with Gasteiger partial charge in [0.25, 0.3) is 10.0 Å². The Balaban J connectivity index is 0.00000162. The molecule has 0 spiro atoms. The lowest BCUT2D eigenvalue weighted by Gasteiger charge is -2.21. The number of likely N-dealkylation sites (N-methyl/N-ethyl adjacent to an activating group) is 1. The number of nitrogens with zero attached hydrogens (tertiary/aromatic N) is 3. The lowest BCUT2D eigenvalue weighted by molar-refractivity contribution is 0.386. The highest BCUT2D eigenvalue weighted by atomic mass is 35.5. The Labute approximate surface area is 114 Å². The Morgan fingerprint density at radius 3 is 2.83 bits per heavy atom. The number of sulfonamides is 1. The summed E-state index contributed by atoms with van der Waals surface area (Å²) in [6, 6.07) is 0.0341. The van der Waals surface area contributed by atoms with Crippen molar-refractivity contribution in [2.45, 2.75) is 31.0 Å². The highest BCUT2D eigenvalue weighted by Crippen LogP contribution is 2.17. The van der Waals surface area contributed by atoms with Crippen molar-refractivity contribution in [3.05, 3.63) is 12.5 Å². The van der Waals surface area contributed by atoms with Gasteiger partial charge in [0.15, 0.2) is 5.03 Å². The number of imidazole rings is 1. The predicted molar refractivity (Wildman–Crippen MR) is 71.4 cm³/mol. The Bertz CT molecular complexity index is 482. The fourth-order valence-corrected chi connectivity index (χ4v) is 3.26. The molecule has 1 aliphatic heterocycles. The lowest BCUT2D eigenvalue weighted by atomic mass is 10.3. The van der Waals surface area contributed by atoms with Crippen LogP contribution in [0.2, 0.25) is 0 Å². The Morgan fingerprint density at radius 1 is 1.61 bits per heavy atom. The van der Waals surface area contributed by atoms with Crippen molar-refractivity contribution < 1.29 is 8.42 Å². The smallest absolute Gasteiger partial charge is 0.262 e. The highest BCUT2D eigenvalue weighted by Gasteiger charge is 2.31. The summed E-state index contributed by atoms with van der Waals surface area (Å²) in [7, 11) is -1.83. The molecule has 1 aromatic rings. The summed E-state index contributed by atoms with van der Waals surface area (Å²) in [6.07, 6.45) is 3.98. The monoisotopic (exact) mass is 294 g/mol. The van der Waals surface area contributed by atoms with Crippen molar-refractivity contribution in [2.75, 3.05) is 20.1 Å². The minimum Gasteiger partial charge on any atom is -0.336 e. The van der Waals surface area contributed by atoms with Gasteiger partial charge in [-0.15, -0.1) is 12.4 Å². The second kappa shape index (κ2) is 6.01. The van der Waals surface area contributed by atoms with Gasteiger partial charge in [-0.05, 0) is 19.9 Å². The van der Waals surface area contributed by atoms with Gasteiger partial charge in [0.1, 0.15) is 0 Å². The molecule has 8 heteroatoms. The maximum Gasteiger partial charge on any atom is 0.262 e. The zero-order valence-corrected chi connectivity index (χ0v) is 12.2. The maximum atomic E-state index is 12.3. The third-order valence-electron chi connectivity index (χ3n) is 3.17. The molecule has 0 bridgehead atoms. The molecule has 1 saturated heterocycles.